The molecule has 2 rings (SSSR count). The van der Waals surface area contributed by atoms with Crippen molar-refractivity contribution in [3.63, 3.8) is 0 Å². The molecule has 0 spiro atoms. The molecule has 1 aliphatic rings. The van der Waals surface area contributed by atoms with Crippen LogP contribution in [0.5, 0.6) is 5.75 Å². The van der Waals surface area contributed by atoms with Gasteiger partial charge in [0.15, 0.2) is 5.96 Å². The second-order valence-corrected chi connectivity index (χ2v) is 5.09. The molecule has 0 saturated heterocycles. The fourth-order valence-corrected chi connectivity index (χ4v) is 2.19. The molecule has 112 valence electrons. The van der Waals surface area contributed by atoms with Gasteiger partial charge in [0.25, 0.3) is 0 Å². The number of hydrogen-bond donors (Lipinski definition) is 2. The summed E-state index contributed by atoms with van der Waals surface area (Å²) < 4.78 is 5.51. The van der Waals surface area contributed by atoms with Crippen molar-refractivity contribution in [1.82, 2.24) is 10.6 Å². The van der Waals surface area contributed by atoms with E-state index >= 15 is 0 Å². The van der Waals surface area contributed by atoms with Crippen molar-refractivity contribution >= 4 is 29.9 Å². The molecule has 1 aliphatic heterocycles. The predicted octanol–water partition coefficient (Wildman–Crippen LogP) is 2.36. The first-order valence-electron chi connectivity index (χ1n) is 6.91. The van der Waals surface area contributed by atoms with E-state index < -0.39 is 0 Å². The topological polar surface area (TPSA) is 45.7 Å². The molecular weight excluding hydrogens is 365 g/mol. The van der Waals surface area contributed by atoms with Crippen LogP contribution in [0.15, 0.2) is 23.2 Å². The Morgan fingerprint density at radius 1 is 1.40 bits per heavy atom. The van der Waals surface area contributed by atoms with Crippen LogP contribution in [0, 0.1) is 0 Å². The molecule has 0 unspecified atom stereocenters. The molecule has 0 fully saturated rings. The van der Waals surface area contributed by atoms with Crippen LogP contribution in [0.25, 0.3) is 0 Å². The Labute approximate surface area is 138 Å². The van der Waals surface area contributed by atoms with E-state index in [-0.39, 0.29) is 24.0 Å². The van der Waals surface area contributed by atoms with Gasteiger partial charge in [-0.05, 0) is 37.5 Å². The summed E-state index contributed by atoms with van der Waals surface area (Å²) in [6, 6.07) is 6.87. The number of aliphatic imine (C=N–C) groups is 1. The standard InChI is InChI=1S/C15H23N3O.HI/c1-11(2)18-15(16-3)17-8-6-12-4-5-14-13(10-12)7-9-19-14;/h4-5,10-11H,6-9H2,1-3H3,(H2,16,17,18);1H. The Hall–Kier alpha value is -0.980. The van der Waals surface area contributed by atoms with Crippen molar-refractivity contribution in [2.45, 2.75) is 32.7 Å². The number of halogens is 1. The van der Waals surface area contributed by atoms with Crippen LogP contribution in [0.4, 0.5) is 0 Å². The van der Waals surface area contributed by atoms with E-state index in [0.717, 1.165) is 37.7 Å². The fraction of sp³-hybridized carbons (Fsp3) is 0.533. The highest BCUT2D eigenvalue weighted by atomic mass is 127. The van der Waals surface area contributed by atoms with Gasteiger partial charge in [-0.25, -0.2) is 0 Å². The van der Waals surface area contributed by atoms with Gasteiger partial charge in [-0.1, -0.05) is 12.1 Å². The molecular formula is C15H24IN3O. The first-order chi connectivity index (χ1) is 9.19. The molecule has 20 heavy (non-hydrogen) atoms. The van der Waals surface area contributed by atoms with Crippen molar-refractivity contribution in [3.05, 3.63) is 29.3 Å². The van der Waals surface area contributed by atoms with Crippen LogP contribution in [0.1, 0.15) is 25.0 Å². The van der Waals surface area contributed by atoms with E-state index in [0.29, 0.717) is 6.04 Å². The highest BCUT2D eigenvalue weighted by Gasteiger charge is 2.11. The van der Waals surface area contributed by atoms with Crippen molar-refractivity contribution in [3.8, 4) is 5.75 Å². The zero-order valence-electron chi connectivity index (χ0n) is 12.4. The van der Waals surface area contributed by atoms with E-state index in [1.54, 1.807) is 7.05 Å². The molecule has 1 aromatic rings. The zero-order chi connectivity index (χ0) is 13.7. The maximum Gasteiger partial charge on any atom is 0.191 e. The lowest BCUT2D eigenvalue weighted by molar-refractivity contribution is 0.357. The van der Waals surface area contributed by atoms with Gasteiger partial charge in [0.2, 0.25) is 0 Å². The van der Waals surface area contributed by atoms with Crippen LogP contribution in [-0.2, 0) is 12.8 Å². The number of nitrogens with one attached hydrogen (secondary N) is 2. The summed E-state index contributed by atoms with van der Waals surface area (Å²) in [6.07, 6.45) is 2.03. The second kappa shape index (κ2) is 8.34. The van der Waals surface area contributed by atoms with Crippen molar-refractivity contribution < 1.29 is 4.74 Å². The van der Waals surface area contributed by atoms with Gasteiger partial charge in [0.1, 0.15) is 5.75 Å². The molecule has 4 nitrogen and oxygen atoms in total. The van der Waals surface area contributed by atoms with Crippen LogP contribution in [-0.4, -0.2) is 32.2 Å². The van der Waals surface area contributed by atoms with Gasteiger partial charge in [-0.2, -0.15) is 0 Å². The van der Waals surface area contributed by atoms with Crippen molar-refractivity contribution in [2.24, 2.45) is 4.99 Å². The number of fused-ring (bicyclic) bond motifs is 1. The lowest BCUT2D eigenvalue weighted by atomic mass is 10.1. The Balaban J connectivity index is 0.00000200. The Morgan fingerprint density at radius 3 is 2.90 bits per heavy atom. The number of benzene rings is 1. The van der Waals surface area contributed by atoms with Crippen molar-refractivity contribution in [2.75, 3.05) is 20.2 Å². The molecule has 1 heterocycles. The third-order valence-electron chi connectivity index (χ3n) is 3.11. The maximum absolute atomic E-state index is 5.51. The molecule has 1 aromatic carbocycles. The minimum Gasteiger partial charge on any atom is -0.493 e. The zero-order valence-corrected chi connectivity index (χ0v) is 14.7. The average Bonchev–Trinajstić information content (AvgIpc) is 2.84. The molecule has 0 radical (unpaired) electrons. The first-order valence-corrected chi connectivity index (χ1v) is 6.91. The molecule has 2 N–H and O–H groups in total. The van der Waals surface area contributed by atoms with E-state index in [1.165, 1.54) is 11.1 Å². The Bertz CT molecular complexity index is 460. The lowest BCUT2D eigenvalue weighted by Gasteiger charge is -2.14. The number of guanidine groups is 1. The van der Waals surface area contributed by atoms with Crippen LogP contribution < -0.4 is 15.4 Å². The minimum absolute atomic E-state index is 0. The molecule has 5 heteroatoms. The molecule has 0 atom stereocenters. The summed E-state index contributed by atoms with van der Waals surface area (Å²) in [5.74, 6) is 1.91. The van der Waals surface area contributed by atoms with Gasteiger partial charge in [0, 0.05) is 26.1 Å². The van der Waals surface area contributed by atoms with Gasteiger partial charge in [-0.15, -0.1) is 24.0 Å². The summed E-state index contributed by atoms with van der Waals surface area (Å²) in [5, 5.41) is 6.60. The van der Waals surface area contributed by atoms with Gasteiger partial charge in [-0.3, -0.25) is 4.99 Å². The van der Waals surface area contributed by atoms with Crippen LogP contribution in [0.3, 0.4) is 0 Å². The predicted molar refractivity (Wildman–Crippen MR) is 94.4 cm³/mol. The number of hydrogen-bond acceptors (Lipinski definition) is 2. The smallest absolute Gasteiger partial charge is 0.191 e. The summed E-state index contributed by atoms with van der Waals surface area (Å²) in [7, 11) is 1.80. The number of rotatable bonds is 4. The third-order valence-corrected chi connectivity index (χ3v) is 3.11. The number of ether oxygens (including phenoxy) is 1. The van der Waals surface area contributed by atoms with E-state index in [2.05, 4.69) is 47.7 Å². The van der Waals surface area contributed by atoms with E-state index in [1.807, 2.05) is 0 Å². The fourth-order valence-electron chi connectivity index (χ4n) is 2.19. The summed E-state index contributed by atoms with van der Waals surface area (Å²) in [4.78, 5) is 4.19. The van der Waals surface area contributed by atoms with Crippen molar-refractivity contribution in [1.29, 1.82) is 0 Å². The largest absolute Gasteiger partial charge is 0.493 e. The normalized spacial score (nSPS) is 13.5. The Kier molecular flexibility index (Phi) is 7.12. The molecule has 0 saturated carbocycles. The highest BCUT2D eigenvalue weighted by Crippen LogP contribution is 2.25. The minimum atomic E-state index is 0. The van der Waals surface area contributed by atoms with Gasteiger partial charge in [0.05, 0.1) is 6.61 Å². The van der Waals surface area contributed by atoms with E-state index in [4.69, 9.17) is 4.74 Å². The molecule has 0 aromatic heterocycles. The first kappa shape index (κ1) is 17.1. The lowest BCUT2D eigenvalue weighted by Crippen LogP contribution is -2.41. The summed E-state index contributed by atoms with van der Waals surface area (Å²) in [6.45, 7) is 5.91. The number of nitrogens with zero attached hydrogens (tertiary/aromatic N) is 1. The molecule has 0 aliphatic carbocycles. The van der Waals surface area contributed by atoms with Gasteiger partial charge < -0.3 is 15.4 Å². The molecule has 0 bridgehead atoms. The summed E-state index contributed by atoms with van der Waals surface area (Å²) >= 11 is 0. The van der Waals surface area contributed by atoms with Gasteiger partial charge >= 0.3 is 0 Å². The Morgan fingerprint density at radius 2 is 2.20 bits per heavy atom. The second-order valence-electron chi connectivity index (χ2n) is 5.09. The average molecular weight is 389 g/mol. The maximum atomic E-state index is 5.51. The van der Waals surface area contributed by atoms with E-state index in [9.17, 15) is 0 Å². The summed E-state index contributed by atoms with van der Waals surface area (Å²) in [5.41, 5.74) is 2.68. The van der Waals surface area contributed by atoms with Crippen LogP contribution in [0.2, 0.25) is 0 Å². The van der Waals surface area contributed by atoms with Crippen LogP contribution >= 0.6 is 24.0 Å². The SMILES string of the molecule is CN=C(NCCc1ccc2c(c1)CCO2)NC(C)C.I. The monoisotopic (exact) mass is 389 g/mol. The quantitative estimate of drug-likeness (QED) is 0.472. The third kappa shape index (κ3) is 4.85. The highest BCUT2D eigenvalue weighted by molar-refractivity contribution is 14.0. The molecule has 0 amide bonds.